The average molecular weight is 421 g/mol. The standard InChI is InChI=1S/C18H14F3N5O2S/c1-29(27,28)25-10-11(9-23-25)17-15-8-13(22)4-7-16(15)26(24-17)14-5-2-12(3-6-14)18(19,20)21/h2-10H,22H2,1H3. The lowest BCUT2D eigenvalue weighted by Gasteiger charge is -2.08. The number of hydrogen-bond acceptors (Lipinski definition) is 5. The number of nitrogens with zero attached hydrogens (tertiary/aromatic N) is 4. The number of hydrogen-bond donors (Lipinski definition) is 1. The van der Waals surface area contributed by atoms with Crippen molar-refractivity contribution in [3.05, 3.63) is 60.4 Å². The molecule has 4 rings (SSSR count). The molecule has 7 nitrogen and oxygen atoms in total. The van der Waals surface area contributed by atoms with Gasteiger partial charge >= 0.3 is 6.18 Å². The zero-order valence-electron chi connectivity index (χ0n) is 14.9. The number of aromatic nitrogens is 4. The minimum Gasteiger partial charge on any atom is -0.399 e. The van der Waals surface area contributed by atoms with Gasteiger partial charge in [-0.25, -0.2) is 13.1 Å². The van der Waals surface area contributed by atoms with Gasteiger partial charge in [0.25, 0.3) is 10.0 Å². The van der Waals surface area contributed by atoms with E-state index in [0.29, 0.717) is 33.5 Å². The van der Waals surface area contributed by atoms with E-state index in [4.69, 9.17) is 5.73 Å². The molecule has 0 bridgehead atoms. The Labute approximate surface area is 163 Å². The Balaban J connectivity index is 1.90. The van der Waals surface area contributed by atoms with E-state index in [0.717, 1.165) is 22.5 Å². The van der Waals surface area contributed by atoms with Crippen molar-refractivity contribution in [1.82, 2.24) is 19.0 Å². The fraction of sp³-hybridized carbons (Fsp3) is 0.111. The molecule has 0 aliphatic heterocycles. The lowest BCUT2D eigenvalue weighted by Crippen LogP contribution is -2.09. The van der Waals surface area contributed by atoms with E-state index in [-0.39, 0.29) is 0 Å². The summed E-state index contributed by atoms with van der Waals surface area (Å²) in [6.45, 7) is 0. The third-order valence-corrected chi connectivity index (χ3v) is 5.20. The van der Waals surface area contributed by atoms with Crippen LogP contribution in [0.5, 0.6) is 0 Å². The summed E-state index contributed by atoms with van der Waals surface area (Å²) >= 11 is 0. The van der Waals surface area contributed by atoms with Crippen LogP contribution in [0, 0.1) is 0 Å². The second kappa shape index (κ2) is 6.34. The van der Waals surface area contributed by atoms with Crippen LogP contribution in [0.1, 0.15) is 5.56 Å². The predicted molar refractivity (Wildman–Crippen MR) is 102 cm³/mol. The van der Waals surface area contributed by atoms with Crippen LogP contribution in [0.2, 0.25) is 0 Å². The summed E-state index contributed by atoms with van der Waals surface area (Å²) in [5, 5.41) is 8.94. The van der Waals surface area contributed by atoms with Crippen LogP contribution < -0.4 is 5.73 Å². The van der Waals surface area contributed by atoms with Gasteiger partial charge in [0.05, 0.1) is 35.4 Å². The largest absolute Gasteiger partial charge is 0.416 e. The highest BCUT2D eigenvalue weighted by atomic mass is 32.2. The van der Waals surface area contributed by atoms with Gasteiger partial charge in [-0.3, -0.25) is 0 Å². The van der Waals surface area contributed by atoms with Crippen molar-refractivity contribution in [1.29, 1.82) is 0 Å². The van der Waals surface area contributed by atoms with Crippen molar-refractivity contribution in [2.45, 2.75) is 6.18 Å². The minimum atomic E-state index is -4.44. The summed E-state index contributed by atoms with van der Waals surface area (Å²) in [5.74, 6) is 0. The number of rotatable bonds is 3. The molecule has 29 heavy (non-hydrogen) atoms. The molecule has 0 fully saturated rings. The molecule has 0 unspecified atom stereocenters. The van der Waals surface area contributed by atoms with Gasteiger partial charge in [0, 0.05) is 16.6 Å². The van der Waals surface area contributed by atoms with E-state index < -0.39 is 21.8 Å². The maximum absolute atomic E-state index is 12.8. The first kappa shape index (κ1) is 19.0. The maximum Gasteiger partial charge on any atom is 0.416 e. The van der Waals surface area contributed by atoms with Gasteiger partial charge in [0.15, 0.2) is 0 Å². The van der Waals surface area contributed by atoms with Crippen LogP contribution >= 0.6 is 0 Å². The summed E-state index contributed by atoms with van der Waals surface area (Å²) < 4.78 is 64.2. The maximum atomic E-state index is 12.8. The zero-order chi connectivity index (χ0) is 21.0. The number of nitrogens with two attached hydrogens (primary N) is 1. The van der Waals surface area contributed by atoms with E-state index >= 15 is 0 Å². The molecule has 2 N–H and O–H groups in total. The second-order valence-corrected chi connectivity index (χ2v) is 8.29. The molecule has 0 atom stereocenters. The monoisotopic (exact) mass is 421 g/mol. The highest BCUT2D eigenvalue weighted by molar-refractivity contribution is 7.89. The highest BCUT2D eigenvalue weighted by Crippen LogP contribution is 2.33. The highest BCUT2D eigenvalue weighted by Gasteiger charge is 2.30. The van der Waals surface area contributed by atoms with Crippen molar-refractivity contribution < 1.29 is 21.6 Å². The van der Waals surface area contributed by atoms with Crippen molar-refractivity contribution >= 4 is 26.6 Å². The Hall–Kier alpha value is -3.34. The van der Waals surface area contributed by atoms with Gasteiger partial charge in [-0.1, -0.05) is 0 Å². The van der Waals surface area contributed by atoms with Gasteiger partial charge in [0.1, 0.15) is 5.69 Å². The number of nitrogen functional groups attached to an aromatic ring is 1. The van der Waals surface area contributed by atoms with Gasteiger partial charge in [0.2, 0.25) is 0 Å². The summed E-state index contributed by atoms with van der Waals surface area (Å²) in [7, 11) is -3.58. The summed E-state index contributed by atoms with van der Waals surface area (Å²) in [6.07, 6.45) is -0.758. The van der Waals surface area contributed by atoms with Crippen molar-refractivity contribution in [3.8, 4) is 16.9 Å². The lowest BCUT2D eigenvalue weighted by atomic mass is 10.1. The molecule has 0 spiro atoms. The zero-order valence-corrected chi connectivity index (χ0v) is 15.7. The van der Waals surface area contributed by atoms with Gasteiger partial charge in [-0.05, 0) is 42.5 Å². The molecule has 4 aromatic rings. The van der Waals surface area contributed by atoms with E-state index in [9.17, 15) is 21.6 Å². The molecule has 2 aromatic carbocycles. The topological polar surface area (TPSA) is 95.8 Å². The smallest absolute Gasteiger partial charge is 0.399 e. The summed E-state index contributed by atoms with van der Waals surface area (Å²) in [5.41, 5.74) is 7.42. The second-order valence-electron chi connectivity index (χ2n) is 6.45. The van der Waals surface area contributed by atoms with Crippen molar-refractivity contribution in [2.24, 2.45) is 0 Å². The van der Waals surface area contributed by atoms with Crippen molar-refractivity contribution in [2.75, 3.05) is 12.0 Å². The first-order valence-electron chi connectivity index (χ1n) is 8.25. The number of halogens is 3. The fourth-order valence-electron chi connectivity index (χ4n) is 2.95. The Bertz CT molecular complexity index is 1320. The van der Waals surface area contributed by atoms with E-state index in [1.54, 1.807) is 18.2 Å². The number of alkyl halides is 3. The Morgan fingerprint density at radius 1 is 1.07 bits per heavy atom. The van der Waals surface area contributed by atoms with E-state index in [1.165, 1.54) is 29.2 Å². The number of anilines is 1. The van der Waals surface area contributed by atoms with Crippen molar-refractivity contribution in [3.63, 3.8) is 0 Å². The third kappa shape index (κ3) is 3.44. The van der Waals surface area contributed by atoms with Gasteiger partial charge < -0.3 is 5.73 Å². The molecule has 150 valence electrons. The van der Waals surface area contributed by atoms with E-state index in [1.807, 2.05) is 0 Å². The van der Waals surface area contributed by atoms with Crippen LogP contribution in [-0.2, 0) is 16.2 Å². The van der Waals surface area contributed by atoms with Gasteiger partial charge in [-0.2, -0.15) is 27.5 Å². The molecule has 0 aliphatic carbocycles. The SMILES string of the molecule is CS(=O)(=O)n1cc(-c2nn(-c3ccc(C(F)(F)F)cc3)c3ccc(N)cc23)cn1. The fourth-order valence-corrected chi connectivity index (χ4v) is 3.47. The molecular weight excluding hydrogens is 407 g/mol. The van der Waals surface area contributed by atoms with Crippen LogP contribution in [0.4, 0.5) is 18.9 Å². The minimum absolute atomic E-state index is 0.405. The van der Waals surface area contributed by atoms with Crippen LogP contribution in [0.3, 0.4) is 0 Å². The normalized spacial score (nSPS) is 12.6. The molecule has 0 amide bonds. The predicted octanol–water partition coefficient (Wildman–Crippen LogP) is 3.30. The molecule has 2 heterocycles. The molecule has 0 saturated heterocycles. The lowest BCUT2D eigenvalue weighted by molar-refractivity contribution is -0.137. The first-order chi connectivity index (χ1) is 13.5. The van der Waals surface area contributed by atoms with Crippen LogP contribution in [0.15, 0.2) is 54.9 Å². The Morgan fingerprint density at radius 3 is 2.34 bits per heavy atom. The number of fused-ring (bicyclic) bond motifs is 1. The summed E-state index contributed by atoms with van der Waals surface area (Å²) in [6, 6.07) is 9.58. The van der Waals surface area contributed by atoms with Gasteiger partial charge in [-0.15, -0.1) is 0 Å². The quantitative estimate of drug-likeness (QED) is 0.512. The molecule has 0 radical (unpaired) electrons. The molecular formula is C18H14F3N5O2S. The van der Waals surface area contributed by atoms with E-state index in [2.05, 4.69) is 10.2 Å². The Morgan fingerprint density at radius 2 is 1.76 bits per heavy atom. The average Bonchev–Trinajstić information content (AvgIpc) is 3.25. The van der Waals surface area contributed by atoms with Crippen LogP contribution in [0.25, 0.3) is 27.8 Å². The molecule has 11 heteroatoms. The molecule has 0 saturated carbocycles. The molecule has 0 aliphatic rings. The Kier molecular flexibility index (Phi) is 4.15. The number of benzene rings is 2. The first-order valence-corrected chi connectivity index (χ1v) is 10.1. The third-order valence-electron chi connectivity index (χ3n) is 4.32. The summed E-state index contributed by atoms with van der Waals surface area (Å²) in [4.78, 5) is 0. The van der Waals surface area contributed by atoms with Crippen LogP contribution in [-0.4, -0.2) is 33.6 Å². The molecule has 2 aromatic heterocycles.